The van der Waals surface area contributed by atoms with Crippen molar-refractivity contribution in [3.8, 4) is 5.75 Å². The summed E-state index contributed by atoms with van der Waals surface area (Å²) in [7, 11) is 1.21. The molecule has 8 nitrogen and oxygen atoms in total. The van der Waals surface area contributed by atoms with Crippen molar-refractivity contribution in [2.45, 2.75) is 19.1 Å². The van der Waals surface area contributed by atoms with E-state index in [1.807, 2.05) is 30.3 Å². The second-order valence-corrected chi connectivity index (χ2v) is 6.62. The fourth-order valence-electron chi connectivity index (χ4n) is 3.15. The fourth-order valence-corrected chi connectivity index (χ4v) is 3.15. The van der Waals surface area contributed by atoms with E-state index in [-0.39, 0.29) is 24.8 Å². The van der Waals surface area contributed by atoms with Gasteiger partial charge in [0.05, 0.1) is 13.7 Å². The maximum atomic E-state index is 12.7. The molecule has 0 radical (unpaired) electrons. The number of amides is 2. The highest BCUT2D eigenvalue weighted by Crippen LogP contribution is 2.23. The van der Waals surface area contributed by atoms with Crippen LogP contribution in [0.15, 0.2) is 48.5 Å². The van der Waals surface area contributed by atoms with Crippen molar-refractivity contribution < 1.29 is 29.0 Å². The van der Waals surface area contributed by atoms with Crippen molar-refractivity contribution in [1.82, 2.24) is 10.2 Å². The number of ether oxygens (including phenoxy) is 2. The monoisotopic (exact) mass is 398 g/mol. The maximum Gasteiger partial charge on any atom is 0.408 e. The van der Waals surface area contributed by atoms with Crippen molar-refractivity contribution in [3.05, 3.63) is 65.2 Å². The molecular formula is C21H22N2O6. The second-order valence-electron chi connectivity index (χ2n) is 6.62. The number of rotatable bonds is 6. The summed E-state index contributed by atoms with van der Waals surface area (Å²) in [5, 5.41) is 12.0. The number of aromatic hydroxyl groups is 1. The second kappa shape index (κ2) is 9.09. The molecule has 1 heterocycles. The average molecular weight is 398 g/mol. The summed E-state index contributed by atoms with van der Waals surface area (Å²) >= 11 is 0. The van der Waals surface area contributed by atoms with E-state index in [4.69, 9.17) is 9.47 Å². The van der Waals surface area contributed by atoms with Gasteiger partial charge in [0, 0.05) is 12.1 Å². The zero-order chi connectivity index (χ0) is 20.8. The number of hydrogen-bond donors (Lipinski definition) is 2. The number of methoxy groups -OCH3 is 1. The molecular weight excluding hydrogens is 376 g/mol. The van der Waals surface area contributed by atoms with E-state index in [0.29, 0.717) is 18.5 Å². The van der Waals surface area contributed by atoms with Crippen molar-refractivity contribution in [3.63, 3.8) is 0 Å². The van der Waals surface area contributed by atoms with Crippen LogP contribution in [-0.4, -0.2) is 54.2 Å². The Labute approximate surface area is 168 Å². The third-order valence-electron chi connectivity index (χ3n) is 4.65. The smallest absolute Gasteiger partial charge is 0.408 e. The first-order valence-corrected chi connectivity index (χ1v) is 9.14. The largest absolute Gasteiger partial charge is 0.508 e. The van der Waals surface area contributed by atoms with Gasteiger partial charge in [0.15, 0.2) is 0 Å². The summed E-state index contributed by atoms with van der Waals surface area (Å²) in [5.41, 5.74) is 2.02. The Hall–Kier alpha value is -3.55. The standard InChI is InChI=1S/C21H22N2O6/c1-28-20(26)18(22-21(27)29-13-14-5-3-2-4-6-14)12-23-10-9-15-11-16(24)7-8-17(15)19(23)25/h2-8,11,18,24H,9-10,12-13H2,1H3,(H,22,27). The number of carbonyl (C=O) groups is 3. The van der Waals surface area contributed by atoms with Gasteiger partial charge in [-0.05, 0) is 35.7 Å². The molecule has 0 spiro atoms. The lowest BCUT2D eigenvalue weighted by Gasteiger charge is -2.31. The summed E-state index contributed by atoms with van der Waals surface area (Å²) in [4.78, 5) is 38.5. The summed E-state index contributed by atoms with van der Waals surface area (Å²) in [6.45, 7) is 0.357. The number of fused-ring (bicyclic) bond motifs is 1. The number of benzene rings is 2. The SMILES string of the molecule is COC(=O)C(CN1CCc2cc(O)ccc2C1=O)NC(=O)OCc1ccccc1. The summed E-state index contributed by atoms with van der Waals surface area (Å²) in [6, 6.07) is 12.6. The Morgan fingerprint density at radius 3 is 2.69 bits per heavy atom. The van der Waals surface area contributed by atoms with Gasteiger partial charge in [-0.1, -0.05) is 30.3 Å². The van der Waals surface area contributed by atoms with Crippen molar-refractivity contribution in [1.29, 1.82) is 0 Å². The Morgan fingerprint density at radius 1 is 1.21 bits per heavy atom. The van der Waals surface area contributed by atoms with Crippen molar-refractivity contribution >= 4 is 18.0 Å². The van der Waals surface area contributed by atoms with Gasteiger partial charge in [-0.25, -0.2) is 9.59 Å². The van der Waals surface area contributed by atoms with E-state index in [1.54, 1.807) is 12.1 Å². The third-order valence-corrected chi connectivity index (χ3v) is 4.65. The van der Waals surface area contributed by atoms with Gasteiger partial charge in [0.1, 0.15) is 18.4 Å². The molecule has 3 rings (SSSR count). The van der Waals surface area contributed by atoms with E-state index < -0.39 is 18.1 Å². The topological polar surface area (TPSA) is 105 Å². The molecule has 8 heteroatoms. The summed E-state index contributed by atoms with van der Waals surface area (Å²) in [5.74, 6) is -0.856. The van der Waals surface area contributed by atoms with Crippen LogP contribution in [0.1, 0.15) is 21.5 Å². The van der Waals surface area contributed by atoms with Gasteiger partial charge in [-0.15, -0.1) is 0 Å². The molecule has 29 heavy (non-hydrogen) atoms. The lowest BCUT2D eigenvalue weighted by Crippen LogP contribution is -2.52. The third kappa shape index (κ3) is 5.04. The van der Waals surface area contributed by atoms with Crippen LogP contribution in [0.2, 0.25) is 0 Å². The molecule has 0 saturated carbocycles. The van der Waals surface area contributed by atoms with Gasteiger partial charge in [-0.2, -0.15) is 0 Å². The van der Waals surface area contributed by atoms with Gasteiger partial charge >= 0.3 is 12.1 Å². The highest BCUT2D eigenvalue weighted by molar-refractivity contribution is 5.97. The predicted octanol–water partition coefficient (Wildman–Crippen LogP) is 1.86. The first-order chi connectivity index (χ1) is 14.0. The van der Waals surface area contributed by atoms with Crippen molar-refractivity contribution in [2.75, 3.05) is 20.2 Å². The number of nitrogens with one attached hydrogen (secondary N) is 1. The molecule has 1 unspecified atom stereocenters. The van der Waals surface area contributed by atoms with Crippen LogP contribution in [0.3, 0.4) is 0 Å². The van der Waals surface area contributed by atoms with Crippen LogP contribution in [0, 0.1) is 0 Å². The zero-order valence-electron chi connectivity index (χ0n) is 16.0. The molecule has 152 valence electrons. The van der Waals surface area contributed by atoms with E-state index in [2.05, 4.69) is 5.32 Å². The summed E-state index contributed by atoms with van der Waals surface area (Å²) in [6.07, 6.45) is -0.249. The van der Waals surface area contributed by atoms with Gasteiger partial charge < -0.3 is 24.8 Å². The highest BCUT2D eigenvalue weighted by atomic mass is 16.6. The quantitative estimate of drug-likeness (QED) is 0.720. The van der Waals surface area contributed by atoms with Gasteiger partial charge in [-0.3, -0.25) is 4.79 Å². The minimum Gasteiger partial charge on any atom is -0.508 e. The molecule has 1 aliphatic heterocycles. The van der Waals surface area contributed by atoms with Crippen LogP contribution >= 0.6 is 0 Å². The molecule has 0 aliphatic carbocycles. The number of phenolic OH excluding ortho intramolecular Hbond substituents is 1. The van der Waals surface area contributed by atoms with E-state index in [0.717, 1.165) is 11.1 Å². The molecule has 2 aromatic carbocycles. The van der Waals surface area contributed by atoms with Gasteiger partial charge in [0.25, 0.3) is 5.91 Å². The molecule has 2 amide bonds. The van der Waals surface area contributed by atoms with E-state index >= 15 is 0 Å². The molecule has 0 saturated heterocycles. The molecule has 1 aliphatic rings. The predicted molar refractivity (Wildman–Crippen MR) is 103 cm³/mol. The minimum atomic E-state index is -1.06. The summed E-state index contributed by atoms with van der Waals surface area (Å²) < 4.78 is 9.91. The Kier molecular flexibility index (Phi) is 6.33. The van der Waals surface area contributed by atoms with E-state index in [9.17, 15) is 19.5 Å². The molecule has 0 bridgehead atoms. The Bertz CT molecular complexity index is 899. The average Bonchev–Trinajstić information content (AvgIpc) is 2.73. The lowest BCUT2D eigenvalue weighted by molar-refractivity contribution is -0.143. The van der Waals surface area contributed by atoms with Crippen LogP contribution in [0.4, 0.5) is 4.79 Å². The van der Waals surface area contributed by atoms with Crippen LogP contribution in [-0.2, 0) is 27.3 Å². The lowest BCUT2D eigenvalue weighted by atomic mass is 9.98. The zero-order valence-corrected chi connectivity index (χ0v) is 16.0. The minimum absolute atomic E-state index is 0.0493. The van der Waals surface area contributed by atoms with Crippen LogP contribution in [0.5, 0.6) is 5.75 Å². The number of carbonyl (C=O) groups excluding carboxylic acids is 3. The molecule has 2 aromatic rings. The molecule has 2 N–H and O–H groups in total. The van der Waals surface area contributed by atoms with Crippen LogP contribution < -0.4 is 5.32 Å². The van der Waals surface area contributed by atoms with E-state index in [1.165, 1.54) is 18.1 Å². The van der Waals surface area contributed by atoms with Gasteiger partial charge in [0.2, 0.25) is 0 Å². The number of nitrogens with zero attached hydrogens (tertiary/aromatic N) is 1. The first-order valence-electron chi connectivity index (χ1n) is 9.14. The fraction of sp³-hybridized carbons (Fsp3) is 0.286. The molecule has 1 atom stereocenters. The van der Waals surface area contributed by atoms with Crippen molar-refractivity contribution in [2.24, 2.45) is 0 Å². The van der Waals surface area contributed by atoms with Crippen LogP contribution in [0.25, 0.3) is 0 Å². The molecule has 0 aromatic heterocycles. The normalized spacial score (nSPS) is 14.0. The molecule has 0 fully saturated rings. The first kappa shape index (κ1) is 20.2. The number of phenols is 1. The Balaban J connectivity index is 1.63. The number of esters is 1. The highest BCUT2D eigenvalue weighted by Gasteiger charge is 2.31. The number of hydrogen-bond acceptors (Lipinski definition) is 6. The Morgan fingerprint density at radius 2 is 1.97 bits per heavy atom. The number of alkyl carbamates (subject to hydrolysis) is 1. The maximum absolute atomic E-state index is 12.7.